The van der Waals surface area contributed by atoms with Gasteiger partial charge in [0.2, 0.25) is 0 Å². The molecule has 1 aromatic rings. The predicted molar refractivity (Wildman–Crippen MR) is 59.8 cm³/mol. The van der Waals surface area contributed by atoms with Crippen molar-refractivity contribution in [2.75, 3.05) is 6.61 Å². The second kappa shape index (κ2) is 5.80. The van der Waals surface area contributed by atoms with Gasteiger partial charge < -0.3 is 9.30 Å². The predicted octanol–water partition coefficient (Wildman–Crippen LogP) is 1.85. The van der Waals surface area contributed by atoms with E-state index in [0.29, 0.717) is 6.61 Å². The fraction of sp³-hybridized carbons (Fsp3) is 0.600. The first-order valence-corrected chi connectivity index (χ1v) is 5.87. The summed E-state index contributed by atoms with van der Waals surface area (Å²) in [5.74, 6) is -0.159. The van der Waals surface area contributed by atoms with Crippen LogP contribution in [0.2, 0.25) is 0 Å². The highest BCUT2D eigenvalue weighted by Gasteiger charge is 2.20. The number of carbonyl (C=O) groups excluding carboxylic acids is 1. The summed E-state index contributed by atoms with van der Waals surface area (Å²) in [5.41, 5.74) is 0. The third-order valence-corrected chi connectivity index (χ3v) is 3.36. The normalized spacial score (nSPS) is 12.5. The lowest BCUT2D eigenvalue weighted by Gasteiger charge is -2.12. The van der Waals surface area contributed by atoms with Gasteiger partial charge in [0.25, 0.3) is 0 Å². The Kier molecular flexibility index (Phi) is 4.68. The molecule has 1 rings (SSSR count). The van der Waals surface area contributed by atoms with Gasteiger partial charge in [0, 0.05) is 19.4 Å². The lowest BCUT2D eigenvalue weighted by molar-refractivity contribution is -0.142. The van der Waals surface area contributed by atoms with Gasteiger partial charge in [-0.25, -0.2) is 4.98 Å². The minimum atomic E-state index is -0.161. The average molecular weight is 228 g/mol. The molecule has 0 aliphatic heterocycles. The van der Waals surface area contributed by atoms with Crippen LogP contribution in [0.25, 0.3) is 0 Å². The van der Waals surface area contributed by atoms with Crippen LogP contribution in [0.5, 0.6) is 0 Å². The number of nitrogens with zero attached hydrogens (tertiary/aromatic N) is 2. The van der Waals surface area contributed by atoms with Crippen molar-refractivity contribution in [3.05, 3.63) is 12.4 Å². The first-order valence-electron chi connectivity index (χ1n) is 4.99. The highest BCUT2D eigenvalue weighted by atomic mass is 32.2. The molecule has 0 aliphatic carbocycles. The van der Waals surface area contributed by atoms with Crippen LogP contribution < -0.4 is 0 Å². The standard InChI is InChI=1S/C10H16N2O2S/c1-4-8(9(13)14-5-2)15-10-11-6-7-12(10)3/h6-8H,4-5H2,1-3H3. The van der Waals surface area contributed by atoms with E-state index in [4.69, 9.17) is 4.74 Å². The maximum atomic E-state index is 11.5. The van der Waals surface area contributed by atoms with Gasteiger partial charge in [-0.3, -0.25) is 4.79 Å². The zero-order valence-electron chi connectivity index (χ0n) is 9.27. The molecule has 0 spiro atoms. The third-order valence-electron chi connectivity index (χ3n) is 1.94. The van der Waals surface area contributed by atoms with Crippen LogP contribution in [-0.2, 0) is 16.6 Å². The summed E-state index contributed by atoms with van der Waals surface area (Å²) in [6.45, 7) is 4.21. The van der Waals surface area contributed by atoms with Crippen molar-refractivity contribution in [2.24, 2.45) is 7.05 Å². The number of thioether (sulfide) groups is 1. The number of ether oxygens (including phenoxy) is 1. The second-order valence-electron chi connectivity index (χ2n) is 3.09. The minimum absolute atomic E-state index is 0.159. The fourth-order valence-electron chi connectivity index (χ4n) is 1.13. The number of rotatable bonds is 5. The summed E-state index contributed by atoms with van der Waals surface area (Å²) in [5, 5.41) is 0.681. The van der Waals surface area contributed by atoms with E-state index in [1.54, 1.807) is 6.20 Å². The molecule has 0 aromatic carbocycles. The number of aromatic nitrogens is 2. The van der Waals surface area contributed by atoms with E-state index in [-0.39, 0.29) is 11.2 Å². The molecule has 1 aromatic heterocycles. The molecular weight excluding hydrogens is 212 g/mol. The van der Waals surface area contributed by atoms with Crippen LogP contribution in [0.3, 0.4) is 0 Å². The van der Waals surface area contributed by atoms with Crippen molar-refractivity contribution >= 4 is 17.7 Å². The quantitative estimate of drug-likeness (QED) is 0.570. The third kappa shape index (κ3) is 3.27. The molecular formula is C10H16N2O2S. The Morgan fingerprint density at radius 2 is 2.40 bits per heavy atom. The number of carbonyl (C=O) groups is 1. The maximum Gasteiger partial charge on any atom is 0.319 e. The molecule has 1 heterocycles. The smallest absolute Gasteiger partial charge is 0.319 e. The van der Waals surface area contributed by atoms with E-state index in [0.717, 1.165) is 11.6 Å². The van der Waals surface area contributed by atoms with Crippen LogP contribution in [0.15, 0.2) is 17.6 Å². The highest BCUT2D eigenvalue weighted by Crippen LogP contribution is 2.24. The number of hydrogen-bond donors (Lipinski definition) is 0. The monoisotopic (exact) mass is 228 g/mol. The lowest BCUT2D eigenvalue weighted by Crippen LogP contribution is -2.19. The molecule has 5 heteroatoms. The van der Waals surface area contributed by atoms with E-state index >= 15 is 0 Å². The van der Waals surface area contributed by atoms with E-state index in [1.165, 1.54) is 11.8 Å². The van der Waals surface area contributed by atoms with Crippen molar-refractivity contribution in [3.63, 3.8) is 0 Å². The fourth-order valence-corrected chi connectivity index (χ4v) is 2.06. The van der Waals surface area contributed by atoms with Gasteiger partial charge in [-0.05, 0) is 13.3 Å². The summed E-state index contributed by atoms with van der Waals surface area (Å²) in [4.78, 5) is 15.7. The Labute approximate surface area is 94.0 Å². The largest absolute Gasteiger partial charge is 0.465 e. The summed E-state index contributed by atoms with van der Waals surface area (Å²) < 4.78 is 6.88. The second-order valence-corrected chi connectivity index (χ2v) is 4.26. The topological polar surface area (TPSA) is 44.1 Å². The molecule has 1 unspecified atom stereocenters. The van der Waals surface area contributed by atoms with Gasteiger partial charge in [-0.1, -0.05) is 18.7 Å². The molecule has 4 nitrogen and oxygen atoms in total. The molecule has 0 N–H and O–H groups in total. The Balaban J connectivity index is 2.61. The van der Waals surface area contributed by atoms with E-state index in [2.05, 4.69) is 4.98 Å². The first kappa shape index (κ1) is 12.1. The maximum absolute atomic E-state index is 11.5. The number of hydrogen-bond acceptors (Lipinski definition) is 4. The molecule has 1 atom stereocenters. The van der Waals surface area contributed by atoms with Crippen LogP contribution >= 0.6 is 11.8 Å². The number of imidazole rings is 1. The zero-order valence-corrected chi connectivity index (χ0v) is 10.1. The molecule has 0 fully saturated rings. The van der Waals surface area contributed by atoms with E-state index in [1.807, 2.05) is 31.7 Å². The Bertz CT molecular complexity index is 325. The average Bonchev–Trinajstić information content (AvgIpc) is 2.61. The van der Waals surface area contributed by atoms with Gasteiger partial charge in [0.1, 0.15) is 5.25 Å². The lowest BCUT2D eigenvalue weighted by atomic mass is 10.3. The zero-order chi connectivity index (χ0) is 11.3. The van der Waals surface area contributed by atoms with Gasteiger partial charge in [-0.15, -0.1) is 0 Å². The summed E-state index contributed by atoms with van der Waals surface area (Å²) >= 11 is 1.45. The number of esters is 1. The Hall–Kier alpha value is -0.970. The molecule has 0 amide bonds. The summed E-state index contributed by atoms with van der Waals surface area (Å²) in [6, 6.07) is 0. The molecule has 0 aliphatic rings. The number of aryl methyl sites for hydroxylation is 1. The molecule has 0 radical (unpaired) electrons. The molecule has 0 saturated carbocycles. The first-order chi connectivity index (χ1) is 7.19. The Morgan fingerprint density at radius 1 is 1.67 bits per heavy atom. The van der Waals surface area contributed by atoms with Crippen molar-refractivity contribution in [1.82, 2.24) is 9.55 Å². The summed E-state index contributed by atoms with van der Waals surface area (Å²) in [6.07, 6.45) is 4.33. The van der Waals surface area contributed by atoms with Crippen LogP contribution in [0.1, 0.15) is 20.3 Å². The molecule has 0 saturated heterocycles. The van der Waals surface area contributed by atoms with E-state index < -0.39 is 0 Å². The van der Waals surface area contributed by atoms with E-state index in [9.17, 15) is 4.79 Å². The van der Waals surface area contributed by atoms with Gasteiger partial charge >= 0.3 is 5.97 Å². The van der Waals surface area contributed by atoms with Crippen molar-refractivity contribution < 1.29 is 9.53 Å². The van der Waals surface area contributed by atoms with Gasteiger partial charge in [0.15, 0.2) is 5.16 Å². The van der Waals surface area contributed by atoms with Crippen LogP contribution in [0, 0.1) is 0 Å². The van der Waals surface area contributed by atoms with Crippen molar-refractivity contribution in [1.29, 1.82) is 0 Å². The minimum Gasteiger partial charge on any atom is -0.465 e. The molecule has 0 bridgehead atoms. The van der Waals surface area contributed by atoms with Crippen molar-refractivity contribution in [3.8, 4) is 0 Å². The van der Waals surface area contributed by atoms with Gasteiger partial charge in [0.05, 0.1) is 6.61 Å². The van der Waals surface area contributed by atoms with Crippen LogP contribution in [0.4, 0.5) is 0 Å². The summed E-state index contributed by atoms with van der Waals surface area (Å²) in [7, 11) is 1.91. The highest BCUT2D eigenvalue weighted by molar-refractivity contribution is 8.00. The van der Waals surface area contributed by atoms with Crippen LogP contribution in [-0.4, -0.2) is 27.4 Å². The SMILES string of the molecule is CCOC(=O)C(CC)Sc1nccn1C. The molecule has 15 heavy (non-hydrogen) atoms. The van der Waals surface area contributed by atoms with Crippen molar-refractivity contribution in [2.45, 2.75) is 30.7 Å². The Morgan fingerprint density at radius 3 is 2.87 bits per heavy atom. The molecule has 84 valence electrons. The van der Waals surface area contributed by atoms with Gasteiger partial charge in [-0.2, -0.15) is 0 Å².